The molecule has 3 heterocycles. The maximum absolute atomic E-state index is 13.5. The number of aliphatic hydroxyl groups excluding tert-OH is 1. The van der Waals surface area contributed by atoms with E-state index in [2.05, 4.69) is 4.98 Å². The van der Waals surface area contributed by atoms with Crippen LogP contribution in [0.15, 0.2) is 66.2 Å². The first kappa shape index (κ1) is 24.0. The molecule has 1 unspecified atom stereocenters. The van der Waals surface area contributed by atoms with E-state index in [4.69, 9.17) is 14.2 Å². The molecule has 38 heavy (non-hydrogen) atoms. The third kappa shape index (κ3) is 4.05. The Kier molecular flexibility index (Phi) is 6.00. The Labute approximate surface area is 222 Å². The van der Waals surface area contributed by atoms with Gasteiger partial charge in [-0.3, -0.25) is 14.5 Å². The van der Waals surface area contributed by atoms with Crippen LogP contribution in [0.2, 0.25) is 0 Å². The van der Waals surface area contributed by atoms with Crippen LogP contribution in [0.3, 0.4) is 0 Å². The van der Waals surface area contributed by atoms with Crippen molar-refractivity contribution in [3.8, 4) is 17.2 Å². The highest BCUT2D eigenvalue weighted by atomic mass is 32.1. The van der Waals surface area contributed by atoms with E-state index in [0.717, 1.165) is 10.3 Å². The second kappa shape index (κ2) is 9.50. The lowest BCUT2D eigenvalue weighted by Crippen LogP contribution is -2.29. The molecule has 9 heteroatoms. The van der Waals surface area contributed by atoms with Crippen LogP contribution >= 0.6 is 11.3 Å². The highest BCUT2D eigenvalue weighted by Gasteiger charge is 2.48. The standard InChI is InChI=1S/C29H24N2O6S/c1-3-35-19-9-10-20-23(15-19)38-29(30-20)31-25(17-6-4-16(2)5-7-17)24(27(33)28(31)34)26(32)18-8-11-21-22(14-18)37-13-12-36-21/h4-11,14-15,25,32H,3,12-13H2,1-2H3/b26-24-. The lowest BCUT2D eigenvalue weighted by molar-refractivity contribution is -0.132. The number of hydrogen-bond acceptors (Lipinski definition) is 8. The average molecular weight is 529 g/mol. The molecular formula is C29H24N2O6S. The number of aryl methyl sites for hydroxylation is 1. The number of hydrogen-bond donors (Lipinski definition) is 1. The third-order valence-corrected chi connectivity index (χ3v) is 7.54. The number of carbonyl (C=O) groups is 2. The zero-order valence-corrected chi connectivity index (χ0v) is 21.6. The van der Waals surface area contributed by atoms with Gasteiger partial charge >= 0.3 is 5.91 Å². The molecule has 0 spiro atoms. The van der Waals surface area contributed by atoms with Gasteiger partial charge < -0.3 is 19.3 Å². The molecule has 4 aromatic rings. The highest BCUT2D eigenvalue weighted by Crippen LogP contribution is 2.45. The largest absolute Gasteiger partial charge is 0.507 e. The molecule has 1 N–H and O–H groups in total. The summed E-state index contributed by atoms with van der Waals surface area (Å²) in [7, 11) is 0. The zero-order valence-electron chi connectivity index (χ0n) is 20.8. The SMILES string of the molecule is CCOc1ccc2nc(N3C(=O)C(=O)/C(=C(\O)c4ccc5c(c4)OCCO5)C3c3ccc(C)cc3)sc2c1. The van der Waals surface area contributed by atoms with E-state index >= 15 is 0 Å². The van der Waals surface area contributed by atoms with Gasteiger partial charge in [-0.25, -0.2) is 4.98 Å². The number of nitrogens with zero attached hydrogens (tertiary/aromatic N) is 2. The number of fused-ring (bicyclic) bond motifs is 2. The van der Waals surface area contributed by atoms with E-state index in [1.165, 1.54) is 16.2 Å². The van der Waals surface area contributed by atoms with Crippen molar-refractivity contribution in [2.45, 2.75) is 19.9 Å². The van der Waals surface area contributed by atoms with Gasteiger partial charge in [-0.2, -0.15) is 0 Å². The van der Waals surface area contributed by atoms with Crippen LogP contribution in [-0.4, -0.2) is 41.6 Å². The van der Waals surface area contributed by atoms with Gasteiger partial charge in [0.15, 0.2) is 16.6 Å². The minimum Gasteiger partial charge on any atom is -0.507 e. The van der Waals surface area contributed by atoms with E-state index in [-0.39, 0.29) is 11.3 Å². The summed E-state index contributed by atoms with van der Waals surface area (Å²) in [6.07, 6.45) is 0. The Bertz CT molecular complexity index is 1610. The summed E-state index contributed by atoms with van der Waals surface area (Å²) in [6, 6.07) is 17.1. The number of Topliss-reactive ketones (excluding diaryl/α,β-unsaturated/α-hetero) is 1. The van der Waals surface area contributed by atoms with Crippen LogP contribution in [0.4, 0.5) is 5.13 Å². The van der Waals surface area contributed by atoms with Crippen molar-refractivity contribution < 1.29 is 28.9 Å². The maximum atomic E-state index is 13.5. The van der Waals surface area contributed by atoms with Crippen LogP contribution in [0.25, 0.3) is 16.0 Å². The van der Waals surface area contributed by atoms with Gasteiger partial charge in [0.05, 0.1) is 28.4 Å². The number of ketones is 1. The average Bonchev–Trinajstić information content (AvgIpc) is 3.46. The number of carbonyl (C=O) groups excluding carboxylic acids is 2. The topological polar surface area (TPSA) is 98.2 Å². The number of benzene rings is 3. The lowest BCUT2D eigenvalue weighted by atomic mass is 9.94. The van der Waals surface area contributed by atoms with Gasteiger partial charge in [-0.05, 0) is 55.8 Å². The van der Waals surface area contributed by atoms with Gasteiger partial charge in [-0.1, -0.05) is 41.2 Å². The first-order chi connectivity index (χ1) is 18.4. The van der Waals surface area contributed by atoms with Crippen molar-refractivity contribution in [2.75, 3.05) is 24.7 Å². The minimum atomic E-state index is -0.865. The number of thiazole rings is 1. The molecule has 0 aliphatic carbocycles. The quantitative estimate of drug-likeness (QED) is 0.210. The van der Waals surface area contributed by atoms with E-state index < -0.39 is 17.7 Å². The molecule has 6 rings (SSSR count). The molecule has 2 aliphatic heterocycles. The van der Waals surface area contributed by atoms with Crippen molar-refractivity contribution in [3.05, 3.63) is 82.9 Å². The third-order valence-electron chi connectivity index (χ3n) is 6.52. The van der Waals surface area contributed by atoms with Crippen molar-refractivity contribution in [3.63, 3.8) is 0 Å². The number of amides is 1. The molecular weight excluding hydrogens is 504 g/mol. The summed E-state index contributed by atoms with van der Waals surface area (Å²) >= 11 is 1.29. The van der Waals surface area contributed by atoms with Crippen LogP contribution in [0, 0.1) is 6.92 Å². The zero-order chi connectivity index (χ0) is 26.4. The molecule has 1 aromatic heterocycles. The second-order valence-corrected chi connectivity index (χ2v) is 10.0. The molecule has 1 saturated heterocycles. The van der Waals surface area contributed by atoms with Gasteiger partial charge in [-0.15, -0.1) is 0 Å². The fourth-order valence-corrected chi connectivity index (χ4v) is 5.71. The maximum Gasteiger partial charge on any atom is 0.301 e. The summed E-state index contributed by atoms with van der Waals surface area (Å²) in [5.74, 6) is -0.0861. The van der Waals surface area contributed by atoms with Crippen molar-refractivity contribution in [1.29, 1.82) is 0 Å². The van der Waals surface area contributed by atoms with Crippen LogP contribution < -0.4 is 19.1 Å². The van der Waals surface area contributed by atoms with Gasteiger partial charge in [0, 0.05) is 5.56 Å². The number of ether oxygens (including phenoxy) is 3. The van der Waals surface area contributed by atoms with Crippen molar-refractivity contribution in [1.82, 2.24) is 4.98 Å². The Morgan fingerprint density at radius 1 is 1.05 bits per heavy atom. The van der Waals surface area contributed by atoms with E-state index in [9.17, 15) is 14.7 Å². The van der Waals surface area contributed by atoms with E-state index in [1.807, 2.05) is 56.3 Å². The summed E-state index contributed by atoms with van der Waals surface area (Å²) in [5, 5.41) is 11.8. The fourth-order valence-electron chi connectivity index (χ4n) is 4.69. The molecule has 1 amide bonds. The summed E-state index contributed by atoms with van der Waals surface area (Å²) < 4.78 is 17.7. The first-order valence-corrected chi connectivity index (χ1v) is 13.1. The molecule has 0 bridgehead atoms. The molecule has 0 radical (unpaired) electrons. The predicted molar refractivity (Wildman–Crippen MR) is 144 cm³/mol. The van der Waals surface area contributed by atoms with Gasteiger partial charge in [0.2, 0.25) is 0 Å². The van der Waals surface area contributed by atoms with Crippen LogP contribution in [0.1, 0.15) is 29.7 Å². The van der Waals surface area contributed by atoms with Gasteiger partial charge in [0.25, 0.3) is 5.78 Å². The van der Waals surface area contributed by atoms with Crippen molar-refractivity contribution in [2.24, 2.45) is 0 Å². The normalized spacial score (nSPS) is 18.3. The van der Waals surface area contributed by atoms with Crippen molar-refractivity contribution >= 4 is 44.1 Å². The molecule has 8 nitrogen and oxygen atoms in total. The summed E-state index contributed by atoms with van der Waals surface area (Å²) in [6.45, 7) is 5.21. The fraction of sp³-hybridized carbons (Fsp3) is 0.207. The molecule has 1 atom stereocenters. The highest BCUT2D eigenvalue weighted by molar-refractivity contribution is 7.22. The first-order valence-electron chi connectivity index (χ1n) is 12.3. The lowest BCUT2D eigenvalue weighted by Gasteiger charge is -2.23. The van der Waals surface area contributed by atoms with Crippen LogP contribution in [-0.2, 0) is 9.59 Å². The summed E-state index contributed by atoms with van der Waals surface area (Å²) in [5.41, 5.74) is 2.74. The minimum absolute atomic E-state index is 0.00945. The molecule has 1 fully saturated rings. The number of aliphatic hydroxyl groups is 1. The van der Waals surface area contributed by atoms with E-state index in [1.54, 1.807) is 18.2 Å². The Morgan fingerprint density at radius 3 is 2.58 bits per heavy atom. The van der Waals surface area contributed by atoms with E-state index in [0.29, 0.717) is 58.8 Å². The molecule has 0 saturated carbocycles. The predicted octanol–water partition coefficient (Wildman–Crippen LogP) is 5.40. The second-order valence-electron chi connectivity index (χ2n) is 9.00. The number of rotatable bonds is 5. The van der Waals surface area contributed by atoms with Crippen LogP contribution in [0.5, 0.6) is 17.2 Å². The molecule has 3 aromatic carbocycles. The Hall–Kier alpha value is -4.37. The smallest absolute Gasteiger partial charge is 0.301 e. The summed E-state index contributed by atoms with van der Waals surface area (Å²) in [4.78, 5) is 33.0. The van der Waals surface area contributed by atoms with Gasteiger partial charge in [0.1, 0.15) is 24.7 Å². The Balaban J connectivity index is 1.51. The molecule has 2 aliphatic rings. The number of anilines is 1. The number of aromatic nitrogens is 1. The molecule has 192 valence electrons. The monoisotopic (exact) mass is 528 g/mol. The Morgan fingerprint density at radius 2 is 1.82 bits per heavy atom.